The van der Waals surface area contributed by atoms with Crippen LogP contribution < -0.4 is 0 Å². The summed E-state index contributed by atoms with van der Waals surface area (Å²) in [6, 6.07) is 10.3. The Labute approximate surface area is 122 Å². The molecule has 0 N–H and O–H groups in total. The molecule has 0 radical (unpaired) electrons. The lowest BCUT2D eigenvalue weighted by atomic mass is 10.1. The number of carbonyl (C=O) groups is 1. The topological polar surface area (TPSA) is 20.3 Å². The quantitative estimate of drug-likeness (QED) is 0.766. The summed E-state index contributed by atoms with van der Waals surface area (Å²) >= 11 is 0. The van der Waals surface area contributed by atoms with Gasteiger partial charge < -0.3 is 4.90 Å². The molecule has 1 aromatic rings. The Morgan fingerprint density at radius 1 is 1.30 bits per heavy atom. The van der Waals surface area contributed by atoms with Crippen molar-refractivity contribution < 1.29 is 4.79 Å². The van der Waals surface area contributed by atoms with Gasteiger partial charge in [-0.2, -0.15) is 0 Å². The van der Waals surface area contributed by atoms with Gasteiger partial charge in [-0.15, -0.1) is 0 Å². The third-order valence-electron chi connectivity index (χ3n) is 3.48. The summed E-state index contributed by atoms with van der Waals surface area (Å²) in [4.78, 5) is 14.4. The lowest BCUT2D eigenvalue weighted by Crippen LogP contribution is -2.36. The first-order chi connectivity index (χ1) is 9.56. The average molecular weight is 271 g/mol. The first-order valence-corrected chi connectivity index (χ1v) is 7.57. The minimum absolute atomic E-state index is 0.304. The number of carbonyl (C=O) groups excluding carboxylic acids is 1. The largest absolute Gasteiger partial charge is 0.338 e. The van der Waals surface area contributed by atoms with Crippen LogP contribution in [0, 0.1) is 11.8 Å². The van der Waals surface area contributed by atoms with Gasteiger partial charge in [0, 0.05) is 19.0 Å². The molecule has 0 heterocycles. The van der Waals surface area contributed by atoms with E-state index < -0.39 is 0 Å². The predicted octanol–water partition coefficient (Wildman–Crippen LogP) is 3.98. The highest BCUT2D eigenvalue weighted by Gasteiger charge is 2.33. The number of hydrogen-bond donors (Lipinski definition) is 0. The van der Waals surface area contributed by atoms with Crippen LogP contribution in [0.15, 0.2) is 35.9 Å². The van der Waals surface area contributed by atoms with Gasteiger partial charge in [0.2, 0.25) is 5.91 Å². The van der Waals surface area contributed by atoms with Gasteiger partial charge in [-0.25, -0.2) is 0 Å². The summed E-state index contributed by atoms with van der Waals surface area (Å²) < 4.78 is 0. The lowest BCUT2D eigenvalue weighted by molar-refractivity contribution is -0.132. The molecule has 1 aliphatic carbocycles. The summed E-state index contributed by atoms with van der Waals surface area (Å²) in [6.07, 6.45) is 4.33. The summed E-state index contributed by atoms with van der Waals surface area (Å²) in [7, 11) is 0. The Balaban J connectivity index is 2.02. The van der Waals surface area contributed by atoms with E-state index in [1.807, 2.05) is 23.1 Å². The Kier molecular flexibility index (Phi) is 4.99. The van der Waals surface area contributed by atoms with Crippen molar-refractivity contribution in [3.05, 3.63) is 41.5 Å². The molecule has 1 amide bonds. The van der Waals surface area contributed by atoms with Gasteiger partial charge in [-0.1, -0.05) is 55.8 Å². The highest BCUT2D eigenvalue weighted by atomic mass is 16.2. The van der Waals surface area contributed by atoms with Gasteiger partial charge in [-0.05, 0) is 31.2 Å². The average Bonchev–Trinajstić information content (AvgIpc) is 3.22. The fourth-order valence-electron chi connectivity index (χ4n) is 2.44. The molecule has 0 aliphatic heterocycles. The molecule has 1 aliphatic rings. The number of hydrogen-bond acceptors (Lipinski definition) is 1. The Morgan fingerprint density at radius 3 is 2.50 bits per heavy atom. The Hall–Kier alpha value is -1.57. The van der Waals surface area contributed by atoms with Crippen LogP contribution in [0.2, 0.25) is 0 Å². The maximum Gasteiger partial charge on any atom is 0.225 e. The van der Waals surface area contributed by atoms with Gasteiger partial charge in [0.15, 0.2) is 0 Å². The first-order valence-electron chi connectivity index (χ1n) is 7.57. The molecule has 2 nitrogen and oxygen atoms in total. The standard InChI is InChI=1S/C18H25NO/c1-14(2)12-19(18(20)17-9-10-17)13-15(3)11-16-7-5-4-6-8-16/h4-8,11,14,17H,9-10,12-13H2,1-3H3/b15-11-. The lowest BCUT2D eigenvalue weighted by Gasteiger charge is -2.25. The van der Waals surface area contributed by atoms with E-state index in [1.54, 1.807) is 0 Å². The molecule has 1 aromatic carbocycles. The smallest absolute Gasteiger partial charge is 0.225 e. The normalized spacial score (nSPS) is 15.5. The third-order valence-corrected chi connectivity index (χ3v) is 3.48. The predicted molar refractivity (Wildman–Crippen MR) is 84.2 cm³/mol. The maximum absolute atomic E-state index is 12.3. The van der Waals surface area contributed by atoms with E-state index in [2.05, 4.69) is 39.0 Å². The monoisotopic (exact) mass is 271 g/mol. The molecule has 108 valence electrons. The van der Waals surface area contributed by atoms with Crippen molar-refractivity contribution in [3.63, 3.8) is 0 Å². The van der Waals surface area contributed by atoms with Crippen molar-refractivity contribution in [3.8, 4) is 0 Å². The highest BCUT2D eigenvalue weighted by Crippen LogP contribution is 2.31. The van der Waals surface area contributed by atoms with Crippen molar-refractivity contribution in [1.82, 2.24) is 4.90 Å². The number of benzene rings is 1. The van der Waals surface area contributed by atoms with Gasteiger partial charge in [0.05, 0.1) is 0 Å². The summed E-state index contributed by atoms with van der Waals surface area (Å²) in [5, 5.41) is 0. The van der Waals surface area contributed by atoms with Crippen molar-refractivity contribution >= 4 is 12.0 Å². The van der Waals surface area contributed by atoms with Crippen LogP contribution in [0.3, 0.4) is 0 Å². The van der Waals surface area contributed by atoms with Gasteiger partial charge >= 0.3 is 0 Å². The molecule has 2 rings (SSSR count). The van der Waals surface area contributed by atoms with Crippen molar-refractivity contribution in [1.29, 1.82) is 0 Å². The number of rotatable bonds is 6. The maximum atomic E-state index is 12.3. The van der Waals surface area contributed by atoms with Crippen LogP contribution in [0.5, 0.6) is 0 Å². The van der Waals surface area contributed by atoms with Crippen LogP contribution >= 0.6 is 0 Å². The minimum atomic E-state index is 0.304. The summed E-state index contributed by atoms with van der Waals surface area (Å²) in [5.41, 5.74) is 2.44. The number of amides is 1. The fourth-order valence-corrected chi connectivity index (χ4v) is 2.44. The van der Waals surface area contributed by atoms with Crippen LogP contribution in [0.4, 0.5) is 0 Å². The van der Waals surface area contributed by atoms with E-state index >= 15 is 0 Å². The summed E-state index contributed by atoms with van der Waals surface area (Å²) in [6.45, 7) is 8.06. The summed E-state index contributed by atoms with van der Waals surface area (Å²) in [5.74, 6) is 1.17. The van der Waals surface area contributed by atoms with Crippen molar-refractivity contribution in [2.75, 3.05) is 13.1 Å². The van der Waals surface area contributed by atoms with Crippen LogP contribution in [0.1, 0.15) is 39.2 Å². The van der Waals surface area contributed by atoms with E-state index in [9.17, 15) is 4.79 Å². The molecule has 0 spiro atoms. The van der Waals surface area contributed by atoms with Crippen molar-refractivity contribution in [2.24, 2.45) is 11.8 Å². The molecule has 1 saturated carbocycles. The van der Waals surface area contributed by atoms with Crippen LogP contribution in [-0.4, -0.2) is 23.9 Å². The molecule has 1 fully saturated rings. The van der Waals surface area contributed by atoms with E-state index in [4.69, 9.17) is 0 Å². The van der Waals surface area contributed by atoms with Gasteiger partial charge in [0.25, 0.3) is 0 Å². The molecule has 0 bridgehead atoms. The fraction of sp³-hybridized carbons (Fsp3) is 0.500. The third kappa shape index (κ3) is 4.52. The SMILES string of the molecule is C/C(=C/c1ccccc1)CN(CC(C)C)C(=O)C1CC1. The van der Waals surface area contributed by atoms with Gasteiger partial charge in [-0.3, -0.25) is 4.79 Å². The Bertz CT molecular complexity index is 471. The zero-order valence-corrected chi connectivity index (χ0v) is 12.8. The minimum Gasteiger partial charge on any atom is -0.338 e. The molecule has 0 atom stereocenters. The van der Waals surface area contributed by atoms with E-state index in [0.717, 1.165) is 25.9 Å². The van der Waals surface area contributed by atoms with E-state index in [1.165, 1.54) is 11.1 Å². The highest BCUT2D eigenvalue weighted by molar-refractivity contribution is 5.81. The molecule has 0 aromatic heterocycles. The zero-order chi connectivity index (χ0) is 14.5. The zero-order valence-electron chi connectivity index (χ0n) is 12.8. The van der Waals surface area contributed by atoms with Crippen LogP contribution in [0.25, 0.3) is 6.08 Å². The molecule has 20 heavy (non-hydrogen) atoms. The molecule has 2 heteroatoms. The van der Waals surface area contributed by atoms with E-state index in [-0.39, 0.29) is 0 Å². The molecular formula is C18H25NO. The number of nitrogens with zero attached hydrogens (tertiary/aromatic N) is 1. The first kappa shape index (κ1) is 14.8. The second-order valence-corrected chi connectivity index (χ2v) is 6.29. The van der Waals surface area contributed by atoms with Crippen LogP contribution in [-0.2, 0) is 4.79 Å². The van der Waals surface area contributed by atoms with E-state index in [0.29, 0.717) is 17.7 Å². The molecule has 0 unspecified atom stereocenters. The Morgan fingerprint density at radius 2 is 1.95 bits per heavy atom. The van der Waals surface area contributed by atoms with Gasteiger partial charge in [0.1, 0.15) is 0 Å². The molecular weight excluding hydrogens is 246 g/mol. The second-order valence-electron chi connectivity index (χ2n) is 6.29. The van der Waals surface area contributed by atoms with Crippen molar-refractivity contribution in [2.45, 2.75) is 33.6 Å². The second kappa shape index (κ2) is 6.74. The molecule has 0 saturated heterocycles.